The molecule has 3 N–H and O–H groups in total. The van der Waals surface area contributed by atoms with E-state index in [0.717, 1.165) is 12.8 Å². The fourth-order valence-electron chi connectivity index (χ4n) is 3.85. The van der Waals surface area contributed by atoms with E-state index < -0.39 is 16.8 Å². The van der Waals surface area contributed by atoms with Gasteiger partial charge in [0.15, 0.2) is 0 Å². The molecule has 1 saturated heterocycles. The van der Waals surface area contributed by atoms with E-state index in [4.69, 9.17) is 22.1 Å². The van der Waals surface area contributed by atoms with Crippen molar-refractivity contribution in [1.29, 1.82) is 0 Å². The smallest absolute Gasteiger partial charge is 0.245 e. The number of carbonyl (C=O) groups excluding carboxylic acids is 1. The van der Waals surface area contributed by atoms with Crippen LogP contribution in [-0.2, 0) is 9.53 Å². The van der Waals surface area contributed by atoms with Gasteiger partial charge in [-0.25, -0.2) is 4.39 Å². The number of ether oxygens (including phenoxy) is 1. The number of anilines is 1. The zero-order valence-corrected chi connectivity index (χ0v) is 13.4. The molecular formula is C16H20ClFN2O2. The highest BCUT2D eigenvalue weighted by Gasteiger charge is 2.70. The van der Waals surface area contributed by atoms with E-state index >= 15 is 0 Å². The Kier molecular flexibility index (Phi) is 3.70. The summed E-state index contributed by atoms with van der Waals surface area (Å²) in [6, 6.07) is 4.14. The van der Waals surface area contributed by atoms with Crippen LogP contribution in [0, 0.1) is 17.2 Å². The van der Waals surface area contributed by atoms with Crippen LogP contribution in [0.5, 0.6) is 0 Å². The Balaban J connectivity index is 1.84. The number of nitrogens with two attached hydrogens (primary N) is 1. The van der Waals surface area contributed by atoms with Crippen LogP contribution >= 0.6 is 11.6 Å². The number of hydrogen-bond acceptors (Lipinski definition) is 3. The molecule has 1 saturated carbocycles. The Hall–Kier alpha value is -1.17. The molecule has 1 amide bonds. The minimum atomic E-state index is -1.07. The number of halogens is 2. The average Bonchev–Trinajstić information content (AvgIpc) is 2.49. The number of carbonyl (C=O) groups is 1. The summed E-state index contributed by atoms with van der Waals surface area (Å²) in [5, 5.41) is 2.90. The van der Waals surface area contributed by atoms with Crippen LogP contribution in [-0.4, -0.2) is 24.2 Å². The van der Waals surface area contributed by atoms with Crippen LogP contribution in [0.3, 0.4) is 0 Å². The van der Waals surface area contributed by atoms with Crippen molar-refractivity contribution in [2.45, 2.75) is 38.3 Å². The van der Waals surface area contributed by atoms with Crippen molar-refractivity contribution >= 4 is 23.2 Å². The second-order valence-corrected chi connectivity index (χ2v) is 7.15. The van der Waals surface area contributed by atoms with Crippen LogP contribution in [0.1, 0.15) is 26.7 Å². The topological polar surface area (TPSA) is 64.3 Å². The molecular weight excluding hydrogens is 307 g/mol. The molecule has 1 heterocycles. The summed E-state index contributed by atoms with van der Waals surface area (Å²) in [5.41, 5.74) is 5.00. The van der Waals surface area contributed by atoms with Gasteiger partial charge in [-0.15, -0.1) is 0 Å². The van der Waals surface area contributed by atoms with Crippen molar-refractivity contribution < 1.29 is 13.9 Å². The monoisotopic (exact) mass is 326 g/mol. The lowest BCUT2D eigenvalue weighted by molar-refractivity contribution is -0.222. The molecule has 2 fully saturated rings. The molecule has 1 aliphatic carbocycles. The average molecular weight is 327 g/mol. The van der Waals surface area contributed by atoms with Crippen molar-refractivity contribution in [2.75, 3.05) is 11.9 Å². The number of benzene rings is 1. The van der Waals surface area contributed by atoms with Gasteiger partial charge < -0.3 is 15.8 Å². The third kappa shape index (κ3) is 2.07. The molecule has 0 bridgehead atoms. The van der Waals surface area contributed by atoms with Gasteiger partial charge in [-0.1, -0.05) is 25.4 Å². The molecule has 1 aromatic rings. The fourth-order valence-corrected chi connectivity index (χ4v) is 4.01. The summed E-state index contributed by atoms with van der Waals surface area (Å²) in [5.74, 6) is -0.977. The highest BCUT2D eigenvalue weighted by molar-refractivity contribution is 6.30. The van der Waals surface area contributed by atoms with Gasteiger partial charge in [0.05, 0.1) is 11.8 Å². The maximum Gasteiger partial charge on any atom is 0.245 e. The highest BCUT2D eigenvalue weighted by atomic mass is 35.5. The number of amides is 1. The van der Waals surface area contributed by atoms with Crippen molar-refractivity contribution in [2.24, 2.45) is 17.1 Å². The minimum Gasteiger partial charge on any atom is -0.377 e. The number of hydrogen-bond donors (Lipinski definition) is 2. The summed E-state index contributed by atoms with van der Waals surface area (Å²) >= 11 is 5.72. The second kappa shape index (κ2) is 5.18. The zero-order chi connectivity index (χ0) is 16.1. The molecule has 120 valence electrons. The molecule has 22 heavy (non-hydrogen) atoms. The summed E-state index contributed by atoms with van der Waals surface area (Å²) in [6.07, 6.45) is 1.71. The van der Waals surface area contributed by atoms with Gasteiger partial charge in [0, 0.05) is 23.0 Å². The van der Waals surface area contributed by atoms with Crippen LogP contribution < -0.4 is 11.1 Å². The predicted molar refractivity (Wildman–Crippen MR) is 83.2 cm³/mol. The summed E-state index contributed by atoms with van der Waals surface area (Å²) in [4.78, 5) is 12.7. The zero-order valence-electron chi connectivity index (χ0n) is 12.7. The van der Waals surface area contributed by atoms with Gasteiger partial charge in [0.25, 0.3) is 0 Å². The van der Waals surface area contributed by atoms with E-state index in [-0.39, 0.29) is 28.6 Å². The first-order chi connectivity index (χ1) is 10.3. The van der Waals surface area contributed by atoms with E-state index in [9.17, 15) is 9.18 Å². The fraction of sp³-hybridized carbons (Fsp3) is 0.562. The quantitative estimate of drug-likeness (QED) is 0.878. The summed E-state index contributed by atoms with van der Waals surface area (Å²) < 4.78 is 19.7. The van der Waals surface area contributed by atoms with Crippen molar-refractivity contribution in [3.05, 3.63) is 29.0 Å². The molecule has 6 heteroatoms. The van der Waals surface area contributed by atoms with Gasteiger partial charge in [-0.2, -0.15) is 0 Å². The van der Waals surface area contributed by atoms with Crippen LogP contribution in [0.2, 0.25) is 5.02 Å². The Morgan fingerprint density at radius 2 is 2.23 bits per heavy atom. The van der Waals surface area contributed by atoms with Crippen molar-refractivity contribution in [1.82, 2.24) is 0 Å². The molecule has 1 aliphatic heterocycles. The van der Waals surface area contributed by atoms with E-state index in [2.05, 4.69) is 5.32 Å². The molecule has 2 aliphatic rings. The van der Waals surface area contributed by atoms with Gasteiger partial charge >= 0.3 is 0 Å². The Morgan fingerprint density at radius 3 is 2.91 bits per heavy atom. The van der Waals surface area contributed by atoms with E-state index in [1.165, 1.54) is 18.2 Å². The molecule has 4 nitrogen and oxygen atoms in total. The largest absolute Gasteiger partial charge is 0.377 e. The normalized spacial score (nSPS) is 32.8. The van der Waals surface area contributed by atoms with Gasteiger partial charge in [0.2, 0.25) is 5.91 Å². The highest BCUT2D eigenvalue weighted by Crippen LogP contribution is 2.57. The molecule has 3 rings (SSSR count). The first kappa shape index (κ1) is 15.7. The predicted octanol–water partition coefficient (Wildman–Crippen LogP) is 2.95. The molecule has 0 aromatic heterocycles. The van der Waals surface area contributed by atoms with Crippen LogP contribution in [0.15, 0.2) is 18.2 Å². The molecule has 3 unspecified atom stereocenters. The lowest BCUT2D eigenvalue weighted by atomic mass is 9.46. The maximum atomic E-state index is 13.9. The lowest BCUT2D eigenvalue weighted by Crippen LogP contribution is -2.81. The number of nitrogens with one attached hydrogen (secondary N) is 1. The number of fused-ring (bicyclic) bond motifs is 1. The molecule has 0 radical (unpaired) electrons. The van der Waals surface area contributed by atoms with E-state index in [1.54, 1.807) is 0 Å². The Morgan fingerprint density at radius 1 is 1.50 bits per heavy atom. The molecule has 0 spiro atoms. The van der Waals surface area contributed by atoms with Gasteiger partial charge in [-0.3, -0.25) is 4.79 Å². The standard InChI is InChI=1S/C16H20ClFN2O2/c1-15(2)13-10(4-3-7-22-13)16(15,19)14(21)20-12-6-5-9(17)8-11(12)18/h5-6,8,10,13H,3-4,7,19H2,1-2H3,(H,20,21). The molecule has 1 aromatic carbocycles. The van der Waals surface area contributed by atoms with Gasteiger partial charge in [0.1, 0.15) is 11.4 Å². The Bertz CT molecular complexity index is 622. The summed E-state index contributed by atoms with van der Waals surface area (Å²) in [7, 11) is 0. The first-order valence-electron chi connectivity index (χ1n) is 7.45. The second-order valence-electron chi connectivity index (χ2n) is 6.71. The minimum absolute atomic E-state index is 0.0212. The summed E-state index contributed by atoms with van der Waals surface area (Å²) in [6.45, 7) is 4.56. The van der Waals surface area contributed by atoms with Crippen molar-refractivity contribution in [3.63, 3.8) is 0 Å². The maximum absolute atomic E-state index is 13.9. The Labute approximate surface area is 134 Å². The van der Waals surface area contributed by atoms with Crippen LogP contribution in [0.4, 0.5) is 10.1 Å². The lowest BCUT2D eigenvalue weighted by Gasteiger charge is -2.65. The third-order valence-electron chi connectivity index (χ3n) is 5.24. The van der Waals surface area contributed by atoms with E-state index in [1.807, 2.05) is 13.8 Å². The van der Waals surface area contributed by atoms with Crippen LogP contribution in [0.25, 0.3) is 0 Å². The third-order valence-corrected chi connectivity index (χ3v) is 5.47. The van der Waals surface area contributed by atoms with E-state index in [0.29, 0.717) is 6.61 Å². The van der Waals surface area contributed by atoms with Crippen molar-refractivity contribution in [3.8, 4) is 0 Å². The molecule has 3 atom stereocenters. The SMILES string of the molecule is CC1(C)C2OCCCC2C1(N)C(=O)Nc1ccc(Cl)cc1F. The number of rotatable bonds is 2. The van der Waals surface area contributed by atoms with Gasteiger partial charge in [-0.05, 0) is 31.0 Å². The first-order valence-corrected chi connectivity index (χ1v) is 7.83.